The van der Waals surface area contributed by atoms with Crippen LogP contribution in [-0.4, -0.2) is 19.2 Å². The van der Waals surface area contributed by atoms with Gasteiger partial charge in [-0.1, -0.05) is 24.3 Å². The van der Waals surface area contributed by atoms with E-state index in [2.05, 4.69) is 23.6 Å². The van der Waals surface area contributed by atoms with E-state index in [9.17, 15) is 0 Å². The van der Waals surface area contributed by atoms with Gasteiger partial charge in [0.05, 0.1) is 24.9 Å². The summed E-state index contributed by atoms with van der Waals surface area (Å²) in [4.78, 5) is 4.73. The summed E-state index contributed by atoms with van der Waals surface area (Å²) < 4.78 is 10.4. The molecule has 1 heterocycles. The van der Waals surface area contributed by atoms with Gasteiger partial charge in [0.1, 0.15) is 11.5 Å². The number of hydrogen-bond acceptors (Lipinski definition) is 4. The Morgan fingerprint density at radius 2 is 1.73 bits per heavy atom. The fourth-order valence-corrected chi connectivity index (χ4v) is 3.06. The molecule has 0 fully saturated rings. The SMILES string of the molecule is COc1ccc(Cc2nc(-c3cccc(OC)c3)cs2)cc1. The number of hydrogen-bond donors (Lipinski definition) is 0. The third-order valence-corrected chi connectivity index (χ3v) is 4.28. The molecule has 2 aromatic carbocycles. The molecule has 0 spiro atoms. The van der Waals surface area contributed by atoms with E-state index in [1.54, 1.807) is 25.6 Å². The molecule has 0 unspecified atom stereocenters. The van der Waals surface area contributed by atoms with Gasteiger partial charge in [0.2, 0.25) is 0 Å². The highest BCUT2D eigenvalue weighted by Gasteiger charge is 2.06. The van der Waals surface area contributed by atoms with E-state index >= 15 is 0 Å². The van der Waals surface area contributed by atoms with Crippen molar-refractivity contribution in [3.8, 4) is 22.8 Å². The Bertz CT molecular complexity index is 750. The monoisotopic (exact) mass is 311 g/mol. The highest BCUT2D eigenvalue weighted by molar-refractivity contribution is 7.10. The molecule has 0 N–H and O–H groups in total. The summed E-state index contributed by atoms with van der Waals surface area (Å²) in [5.74, 6) is 1.72. The molecule has 3 nitrogen and oxygen atoms in total. The van der Waals surface area contributed by atoms with Crippen LogP contribution in [0.5, 0.6) is 11.5 Å². The Morgan fingerprint density at radius 1 is 0.955 bits per heavy atom. The van der Waals surface area contributed by atoms with Crippen molar-refractivity contribution in [3.63, 3.8) is 0 Å². The number of methoxy groups -OCH3 is 2. The molecule has 1 aromatic heterocycles. The van der Waals surface area contributed by atoms with Crippen LogP contribution in [0.3, 0.4) is 0 Å². The number of aromatic nitrogens is 1. The number of thiazole rings is 1. The van der Waals surface area contributed by atoms with Crippen molar-refractivity contribution in [3.05, 3.63) is 64.5 Å². The molecule has 0 atom stereocenters. The maximum Gasteiger partial charge on any atom is 0.119 e. The molecule has 112 valence electrons. The fraction of sp³-hybridized carbons (Fsp3) is 0.167. The molecule has 22 heavy (non-hydrogen) atoms. The van der Waals surface area contributed by atoms with Gasteiger partial charge in [0.25, 0.3) is 0 Å². The van der Waals surface area contributed by atoms with Gasteiger partial charge in [0, 0.05) is 17.4 Å². The molecule has 0 aliphatic heterocycles. The van der Waals surface area contributed by atoms with Crippen LogP contribution in [0.1, 0.15) is 10.6 Å². The first-order chi connectivity index (χ1) is 10.8. The van der Waals surface area contributed by atoms with Crippen molar-refractivity contribution < 1.29 is 9.47 Å². The number of rotatable bonds is 5. The third kappa shape index (κ3) is 3.28. The van der Waals surface area contributed by atoms with Crippen molar-refractivity contribution >= 4 is 11.3 Å². The summed E-state index contributed by atoms with van der Waals surface area (Å²) in [7, 11) is 3.35. The van der Waals surface area contributed by atoms with Gasteiger partial charge in [-0.2, -0.15) is 0 Å². The standard InChI is InChI=1S/C18H17NO2S/c1-20-15-8-6-13(7-9-15)10-18-19-17(12-22-18)14-4-3-5-16(11-14)21-2/h3-9,11-12H,10H2,1-2H3. The topological polar surface area (TPSA) is 31.4 Å². The molecule has 0 saturated carbocycles. The van der Waals surface area contributed by atoms with E-state index in [1.807, 2.05) is 30.3 Å². The van der Waals surface area contributed by atoms with E-state index in [1.165, 1.54) is 5.56 Å². The lowest BCUT2D eigenvalue weighted by Crippen LogP contribution is -1.89. The van der Waals surface area contributed by atoms with Crippen LogP contribution < -0.4 is 9.47 Å². The van der Waals surface area contributed by atoms with E-state index in [0.717, 1.165) is 34.2 Å². The zero-order valence-corrected chi connectivity index (χ0v) is 13.4. The highest BCUT2D eigenvalue weighted by Crippen LogP contribution is 2.26. The molecule has 3 aromatic rings. The summed E-state index contributed by atoms with van der Waals surface area (Å²) in [5, 5.41) is 3.19. The predicted molar refractivity (Wildman–Crippen MR) is 89.9 cm³/mol. The average molecular weight is 311 g/mol. The Hall–Kier alpha value is -2.33. The third-order valence-electron chi connectivity index (χ3n) is 3.43. The molecule has 3 rings (SSSR count). The molecular formula is C18H17NO2S. The first kappa shape index (κ1) is 14.6. The van der Waals surface area contributed by atoms with Crippen molar-refractivity contribution in [1.82, 2.24) is 4.98 Å². The maximum absolute atomic E-state index is 5.26. The van der Waals surface area contributed by atoms with Gasteiger partial charge in [0.15, 0.2) is 0 Å². The Kier molecular flexibility index (Phi) is 4.39. The van der Waals surface area contributed by atoms with Crippen LogP contribution in [0.2, 0.25) is 0 Å². The van der Waals surface area contributed by atoms with Crippen LogP contribution in [0.25, 0.3) is 11.3 Å². The summed E-state index contributed by atoms with van der Waals surface area (Å²) in [6.07, 6.45) is 0.832. The van der Waals surface area contributed by atoms with E-state index in [-0.39, 0.29) is 0 Å². The maximum atomic E-state index is 5.26. The summed E-state index contributed by atoms with van der Waals surface area (Å²) in [5.41, 5.74) is 3.30. The lowest BCUT2D eigenvalue weighted by molar-refractivity contribution is 0.414. The second-order valence-corrected chi connectivity index (χ2v) is 5.83. The Morgan fingerprint density at radius 3 is 2.45 bits per heavy atom. The van der Waals surface area contributed by atoms with E-state index in [0.29, 0.717) is 0 Å². The van der Waals surface area contributed by atoms with Crippen molar-refractivity contribution in [2.24, 2.45) is 0 Å². The van der Waals surface area contributed by atoms with Gasteiger partial charge >= 0.3 is 0 Å². The van der Waals surface area contributed by atoms with Crippen LogP contribution >= 0.6 is 11.3 Å². The number of benzene rings is 2. The normalized spacial score (nSPS) is 10.5. The average Bonchev–Trinajstić information content (AvgIpc) is 3.04. The largest absolute Gasteiger partial charge is 0.497 e. The fourth-order valence-electron chi connectivity index (χ4n) is 2.23. The molecule has 0 saturated heterocycles. The summed E-state index contributed by atoms with van der Waals surface area (Å²) >= 11 is 1.68. The van der Waals surface area contributed by atoms with E-state index < -0.39 is 0 Å². The molecule has 0 aliphatic carbocycles. The lowest BCUT2D eigenvalue weighted by atomic mass is 10.1. The Labute approximate surface area is 134 Å². The first-order valence-corrected chi connectivity index (χ1v) is 7.88. The molecule has 0 aliphatic rings. The molecule has 0 amide bonds. The van der Waals surface area contributed by atoms with E-state index in [4.69, 9.17) is 14.5 Å². The summed E-state index contributed by atoms with van der Waals surface area (Å²) in [6, 6.07) is 16.1. The smallest absolute Gasteiger partial charge is 0.119 e. The summed E-state index contributed by atoms with van der Waals surface area (Å²) in [6.45, 7) is 0. The van der Waals surface area contributed by atoms with Crippen LogP contribution in [-0.2, 0) is 6.42 Å². The molecule has 0 bridgehead atoms. The number of nitrogens with zero attached hydrogens (tertiary/aromatic N) is 1. The highest BCUT2D eigenvalue weighted by atomic mass is 32.1. The van der Waals surface area contributed by atoms with Gasteiger partial charge in [-0.05, 0) is 29.8 Å². The van der Waals surface area contributed by atoms with Gasteiger partial charge in [-0.25, -0.2) is 4.98 Å². The van der Waals surface area contributed by atoms with Gasteiger partial charge in [-0.3, -0.25) is 0 Å². The van der Waals surface area contributed by atoms with Gasteiger partial charge in [-0.15, -0.1) is 11.3 Å². The first-order valence-electron chi connectivity index (χ1n) is 7.00. The minimum absolute atomic E-state index is 0.832. The predicted octanol–water partition coefficient (Wildman–Crippen LogP) is 4.42. The zero-order chi connectivity index (χ0) is 15.4. The van der Waals surface area contributed by atoms with Crippen LogP contribution in [0.15, 0.2) is 53.9 Å². The number of ether oxygens (including phenoxy) is 2. The quantitative estimate of drug-likeness (QED) is 0.699. The Balaban J connectivity index is 1.77. The molecule has 0 radical (unpaired) electrons. The molecule has 4 heteroatoms. The lowest BCUT2D eigenvalue weighted by Gasteiger charge is -2.02. The van der Waals surface area contributed by atoms with Crippen molar-refractivity contribution in [2.75, 3.05) is 14.2 Å². The van der Waals surface area contributed by atoms with Crippen LogP contribution in [0.4, 0.5) is 0 Å². The van der Waals surface area contributed by atoms with Crippen LogP contribution in [0, 0.1) is 0 Å². The van der Waals surface area contributed by atoms with Crippen molar-refractivity contribution in [2.45, 2.75) is 6.42 Å². The molecular weight excluding hydrogens is 294 g/mol. The minimum Gasteiger partial charge on any atom is -0.497 e. The van der Waals surface area contributed by atoms with Crippen molar-refractivity contribution in [1.29, 1.82) is 0 Å². The zero-order valence-electron chi connectivity index (χ0n) is 12.6. The second-order valence-electron chi connectivity index (χ2n) is 4.88. The minimum atomic E-state index is 0.832. The van der Waals surface area contributed by atoms with Gasteiger partial charge < -0.3 is 9.47 Å². The second kappa shape index (κ2) is 6.62.